The third kappa shape index (κ3) is 3.04. The smallest absolute Gasteiger partial charge is 0.239 e. The van der Waals surface area contributed by atoms with Crippen LogP contribution in [0.4, 0.5) is 0 Å². The zero-order valence-electron chi connectivity index (χ0n) is 17.7. The fraction of sp³-hybridized carbons (Fsp3) is 0.913. The number of morpholine rings is 1. The first-order valence-corrected chi connectivity index (χ1v) is 11.9. The Kier molecular flexibility index (Phi) is 4.13. The zero-order valence-corrected chi connectivity index (χ0v) is 17.7. The van der Waals surface area contributed by atoms with Crippen LogP contribution < -0.4 is 5.32 Å². The molecule has 6 nitrogen and oxygen atoms in total. The molecule has 2 saturated heterocycles. The van der Waals surface area contributed by atoms with Crippen molar-refractivity contribution in [3.05, 3.63) is 0 Å². The van der Waals surface area contributed by atoms with E-state index in [1.54, 1.807) is 7.05 Å². The summed E-state index contributed by atoms with van der Waals surface area (Å²) in [5, 5.41) is 2.80. The molecule has 4 bridgehead atoms. The first-order valence-electron chi connectivity index (χ1n) is 11.9. The number of likely N-dealkylation sites (tertiary alicyclic amines) is 1. The monoisotopic (exact) mass is 401 g/mol. The predicted octanol–water partition coefficient (Wildman–Crippen LogP) is 1.64. The molecule has 1 spiro atoms. The van der Waals surface area contributed by atoms with E-state index in [4.69, 9.17) is 4.74 Å². The third-order valence-corrected chi connectivity index (χ3v) is 8.96. The van der Waals surface area contributed by atoms with Gasteiger partial charge >= 0.3 is 0 Å². The lowest BCUT2D eigenvalue weighted by molar-refractivity contribution is -0.213. The molecule has 2 amide bonds. The van der Waals surface area contributed by atoms with Crippen LogP contribution in [0, 0.1) is 29.1 Å². The van der Waals surface area contributed by atoms with Crippen LogP contribution in [0.25, 0.3) is 0 Å². The molecule has 160 valence electrons. The van der Waals surface area contributed by atoms with E-state index >= 15 is 0 Å². The molecule has 2 aliphatic heterocycles. The van der Waals surface area contributed by atoms with E-state index in [0.29, 0.717) is 12.5 Å². The first-order chi connectivity index (χ1) is 14.0. The lowest BCUT2D eigenvalue weighted by Gasteiger charge is -2.60. The molecule has 1 atom stereocenters. The van der Waals surface area contributed by atoms with Crippen LogP contribution in [0.15, 0.2) is 0 Å². The summed E-state index contributed by atoms with van der Waals surface area (Å²) >= 11 is 0. The number of nitrogens with one attached hydrogen (secondary N) is 1. The minimum atomic E-state index is -0.253. The van der Waals surface area contributed by atoms with E-state index in [1.165, 1.54) is 32.1 Å². The fourth-order valence-corrected chi connectivity index (χ4v) is 7.81. The van der Waals surface area contributed by atoms with E-state index in [-0.39, 0.29) is 23.0 Å². The van der Waals surface area contributed by atoms with Gasteiger partial charge in [-0.3, -0.25) is 14.5 Å². The summed E-state index contributed by atoms with van der Waals surface area (Å²) in [6.07, 6.45) is 10.1. The molecule has 5 saturated carbocycles. The molecule has 0 aromatic rings. The minimum Gasteiger partial charge on any atom is -0.368 e. The lowest BCUT2D eigenvalue weighted by atomic mass is 9.49. The summed E-state index contributed by atoms with van der Waals surface area (Å²) in [5.41, 5.74) is -0.305. The Morgan fingerprint density at radius 2 is 1.62 bits per heavy atom. The second-order valence-corrected chi connectivity index (χ2v) is 11.4. The number of hydrogen-bond acceptors (Lipinski definition) is 4. The number of ether oxygens (including phenoxy) is 1. The van der Waals surface area contributed by atoms with Gasteiger partial charge in [-0.15, -0.1) is 0 Å². The topological polar surface area (TPSA) is 61.9 Å². The average Bonchev–Trinajstić information content (AvgIpc) is 3.48. The Balaban J connectivity index is 1.13. The van der Waals surface area contributed by atoms with Gasteiger partial charge in [0.25, 0.3) is 0 Å². The molecule has 7 rings (SSSR count). The molecule has 2 heterocycles. The van der Waals surface area contributed by atoms with Gasteiger partial charge in [0, 0.05) is 20.1 Å². The van der Waals surface area contributed by atoms with Crippen LogP contribution in [0.1, 0.15) is 51.4 Å². The van der Waals surface area contributed by atoms with Crippen molar-refractivity contribution in [1.82, 2.24) is 15.1 Å². The number of carbonyl (C=O) groups is 2. The molecule has 5 aliphatic carbocycles. The molecular formula is C23H35N3O3. The Bertz CT molecular complexity index is 677. The van der Waals surface area contributed by atoms with Crippen LogP contribution in [-0.4, -0.2) is 73.1 Å². The van der Waals surface area contributed by atoms with Crippen molar-refractivity contribution in [3.63, 3.8) is 0 Å². The normalized spacial score (nSPS) is 42.7. The Hall–Kier alpha value is -1.14. The fourth-order valence-electron chi connectivity index (χ4n) is 7.81. The van der Waals surface area contributed by atoms with Crippen LogP contribution in [0.5, 0.6) is 0 Å². The Morgan fingerprint density at radius 3 is 2.17 bits per heavy atom. The number of carbonyl (C=O) groups excluding carboxylic acids is 2. The predicted molar refractivity (Wildman–Crippen MR) is 108 cm³/mol. The van der Waals surface area contributed by atoms with Gasteiger partial charge in [0.05, 0.1) is 25.1 Å². The van der Waals surface area contributed by atoms with E-state index in [9.17, 15) is 9.59 Å². The number of likely N-dealkylation sites (N-methyl/N-ethyl adjacent to an activating group) is 1. The highest BCUT2D eigenvalue weighted by molar-refractivity contribution is 5.84. The Labute approximate surface area is 173 Å². The maximum atomic E-state index is 13.6. The summed E-state index contributed by atoms with van der Waals surface area (Å²) in [4.78, 5) is 30.4. The van der Waals surface area contributed by atoms with Gasteiger partial charge in [-0.05, 0) is 75.0 Å². The van der Waals surface area contributed by atoms with Crippen molar-refractivity contribution in [1.29, 1.82) is 0 Å². The van der Waals surface area contributed by atoms with Crippen LogP contribution in [-0.2, 0) is 14.3 Å². The standard InChI is InChI=1S/C23H35N3O3/c1-24-20(27)19-11-29-23(12-25(19)10-15-2-3-15)13-26(14-23)21(28)22-7-16-4-17(8-22)6-18(5-16)9-22/h15-19H,2-14H2,1H3,(H,24,27)/t16?,17?,18?,19-,22?/m1/s1. The molecule has 7 aliphatic rings. The number of amides is 2. The quantitative estimate of drug-likeness (QED) is 0.778. The second-order valence-electron chi connectivity index (χ2n) is 11.4. The summed E-state index contributed by atoms with van der Waals surface area (Å²) in [6, 6.07) is -0.181. The van der Waals surface area contributed by atoms with Gasteiger partial charge in [0.15, 0.2) is 0 Å². The van der Waals surface area contributed by atoms with Gasteiger partial charge in [-0.2, -0.15) is 0 Å². The molecule has 0 radical (unpaired) electrons. The van der Waals surface area contributed by atoms with Crippen LogP contribution in [0.2, 0.25) is 0 Å². The summed E-state index contributed by atoms with van der Waals surface area (Å²) in [7, 11) is 1.71. The highest BCUT2D eigenvalue weighted by Gasteiger charge is 2.59. The van der Waals surface area contributed by atoms with Crippen LogP contribution in [0.3, 0.4) is 0 Å². The average molecular weight is 402 g/mol. The van der Waals surface area contributed by atoms with Crippen molar-refractivity contribution < 1.29 is 14.3 Å². The third-order valence-electron chi connectivity index (χ3n) is 8.96. The molecule has 29 heavy (non-hydrogen) atoms. The van der Waals surface area contributed by atoms with Gasteiger partial charge in [0.1, 0.15) is 11.6 Å². The highest BCUT2D eigenvalue weighted by Crippen LogP contribution is 2.61. The van der Waals surface area contributed by atoms with E-state index in [0.717, 1.165) is 69.1 Å². The van der Waals surface area contributed by atoms with Gasteiger partial charge in [0.2, 0.25) is 11.8 Å². The number of rotatable bonds is 4. The first kappa shape index (κ1) is 18.6. The molecule has 0 aromatic heterocycles. The molecule has 0 aromatic carbocycles. The molecule has 7 fully saturated rings. The second kappa shape index (κ2) is 6.43. The lowest BCUT2D eigenvalue weighted by Crippen LogP contribution is -2.75. The molecule has 6 heteroatoms. The number of hydrogen-bond donors (Lipinski definition) is 1. The van der Waals surface area contributed by atoms with E-state index < -0.39 is 0 Å². The number of nitrogens with zero attached hydrogens (tertiary/aromatic N) is 2. The van der Waals surface area contributed by atoms with Gasteiger partial charge in [-0.1, -0.05) is 0 Å². The zero-order chi connectivity index (χ0) is 19.8. The molecule has 0 unspecified atom stereocenters. The van der Waals surface area contributed by atoms with E-state index in [2.05, 4.69) is 15.1 Å². The van der Waals surface area contributed by atoms with Crippen molar-refractivity contribution >= 4 is 11.8 Å². The SMILES string of the molecule is CNC(=O)[C@H]1COC2(CN(C(=O)C34CC5CC(CC(C5)C3)C4)C2)CN1CC1CC1. The maximum absolute atomic E-state index is 13.6. The van der Waals surface area contributed by atoms with Crippen molar-refractivity contribution in [2.45, 2.75) is 63.0 Å². The van der Waals surface area contributed by atoms with Crippen molar-refractivity contribution in [2.24, 2.45) is 29.1 Å². The van der Waals surface area contributed by atoms with Crippen LogP contribution >= 0.6 is 0 Å². The summed E-state index contributed by atoms with van der Waals surface area (Å²) in [6.45, 7) is 3.66. The molecule has 1 N–H and O–H groups in total. The van der Waals surface area contributed by atoms with Crippen molar-refractivity contribution in [3.8, 4) is 0 Å². The Morgan fingerprint density at radius 1 is 1.00 bits per heavy atom. The summed E-state index contributed by atoms with van der Waals surface area (Å²) in [5.74, 6) is 3.62. The van der Waals surface area contributed by atoms with E-state index in [1.807, 2.05) is 0 Å². The van der Waals surface area contributed by atoms with Gasteiger partial charge < -0.3 is 15.0 Å². The largest absolute Gasteiger partial charge is 0.368 e. The summed E-state index contributed by atoms with van der Waals surface area (Å²) < 4.78 is 6.27. The highest BCUT2D eigenvalue weighted by atomic mass is 16.5. The maximum Gasteiger partial charge on any atom is 0.239 e. The van der Waals surface area contributed by atoms with Gasteiger partial charge in [-0.25, -0.2) is 0 Å². The minimum absolute atomic E-state index is 0.0522. The molecular weight excluding hydrogens is 366 g/mol. The van der Waals surface area contributed by atoms with Crippen molar-refractivity contribution in [2.75, 3.05) is 39.8 Å².